The number of aryl methyl sites for hydroxylation is 2. The van der Waals surface area contributed by atoms with Gasteiger partial charge in [0, 0.05) is 30.5 Å². The molecule has 0 spiro atoms. The molecule has 3 heterocycles. The molecule has 6 nitrogen and oxygen atoms in total. The average Bonchev–Trinajstić information content (AvgIpc) is 2.53. The maximum atomic E-state index is 11.3. The van der Waals surface area contributed by atoms with Gasteiger partial charge in [0.2, 0.25) is 0 Å². The minimum Gasteiger partial charge on any atom is -0.375 e. The summed E-state index contributed by atoms with van der Waals surface area (Å²) in [4.78, 5) is 24.8. The molecule has 2 aromatic heterocycles. The first-order valence-electron chi connectivity index (χ1n) is 7.54. The fraction of sp³-hybridized carbons (Fsp3) is 0.438. The van der Waals surface area contributed by atoms with Gasteiger partial charge in [-0.15, -0.1) is 0 Å². The highest BCUT2D eigenvalue weighted by atomic mass is 16.5. The second-order valence-corrected chi connectivity index (χ2v) is 5.52. The van der Waals surface area contributed by atoms with Gasteiger partial charge in [-0.05, 0) is 31.9 Å². The number of morpholine rings is 1. The second kappa shape index (κ2) is 6.70. The summed E-state index contributed by atoms with van der Waals surface area (Å²) in [5.41, 5.74) is 1.71. The lowest BCUT2D eigenvalue weighted by Gasteiger charge is -2.33. The van der Waals surface area contributed by atoms with Gasteiger partial charge in [-0.25, -0.2) is 9.97 Å². The van der Waals surface area contributed by atoms with Gasteiger partial charge in [0.1, 0.15) is 5.82 Å². The standard InChI is InChI=1S/C16H20N4O2/c1-12-3-2-4-15(19-12)20-7-8-22-14(10-20)6-5-13-9-16(21)18-11-17-13/h2-4,9,11,14H,5-8,10H2,1H3,(H,17,18,21)/t14-/m0/s1. The van der Waals surface area contributed by atoms with Gasteiger partial charge in [0.25, 0.3) is 5.56 Å². The van der Waals surface area contributed by atoms with E-state index in [2.05, 4.69) is 19.9 Å². The second-order valence-electron chi connectivity index (χ2n) is 5.52. The zero-order chi connectivity index (χ0) is 15.4. The molecule has 22 heavy (non-hydrogen) atoms. The van der Waals surface area contributed by atoms with Crippen LogP contribution in [-0.4, -0.2) is 40.8 Å². The first-order chi connectivity index (χ1) is 10.7. The van der Waals surface area contributed by atoms with Gasteiger partial charge in [-0.2, -0.15) is 0 Å². The van der Waals surface area contributed by atoms with Gasteiger partial charge in [-0.3, -0.25) is 4.79 Å². The monoisotopic (exact) mass is 300 g/mol. The third-order valence-corrected chi connectivity index (χ3v) is 3.79. The summed E-state index contributed by atoms with van der Waals surface area (Å²) in [6, 6.07) is 7.61. The van der Waals surface area contributed by atoms with Crippen LogP contribution in [0.5, 0.6) is 0 Å². The number of pyridine rings is 1. The number of aromatic amines is 1. The van der Waals surface area contributed by atoms with Crippen LogP contribution in [0.15, 0.2) is 35.4 Å². The summed E-state index contributed by atoms with van der Waals surface area (Å²) >= 11 is 0. The van der Waals surface area contributed by atoms with E-state index in [1.54, 1.807) is 6.07 Å². The van der Waals surface area contributed by atoms with Crippen molar-refractivity contribution in [2.45, 2.75) is 25.9 Å². The van der Waals surface area contributed by atoms with Crippen LogP contribution < -0.4 is 10.5 Å². The smallest absolute Gasteiger partial charge is 0.250 e. The highest BCUT2D eigenvalue weighted by Gasteiger charge is 2.21. The van der Waals surface area contributed by atoms with Crippen molar-refractivity contribution in [1.29, 1.82) is 0 Å². The predicted molar refractivity (Wildman–Crippen MR) is 84.1 cm³/mol. The van der Waals surface area contributed by atoms with Gasteiger partial charge in [0.15, 0.2) is 0 Å². The van der Waals surface area contributed by atoms with Gasteiger partial charge < -0.3 is 14.6 Å². The molecule has 0 aromatic carbocycles. The Hall–Kier alpha value is -2.21. The number of aromatic nitrogens is 3. The van der Waals surface area contributed by atoms with Gasteiger partial charge >= 0.3 is 0 Å². The van der Waals surface area contributed by atoms with Crippen LogP contribution in [0.25, 0.3) is 0 Å². The summed E-state index contributed by atoms with van der Waals surface area (Å²) < 4.78 is 5.83. The van der Waals surface area contributed by atoms with E-state index in [0.717, 1.165) is 43.1 Å². The Labute approximate surface area is 129 Å². The molecule has 0 bridgehead atoms. The zero-order valence-electron chi connectivity index (χ0n) is 12.7. The molecule has 1 aliphatic heterocycles. The summed E-state index contributed by atoms with van der Waals surface area (Å²) in [6.45, 7) is 4.37. The number of ether oxygens (including phenoxy) is 1. The van der Waals surface area contributed by atoms with Crippen LogP contribution in [-0.2, 0) is 11.2 Å². The number of hydrogen-bond donors (Lipinski definition) is 1. The number of hydrogen-bond acceptors (Lipinski definition) is 5. The topological polar surface area (TPSA) is 71.1 Å². The van der Waals surface area contributed by atoms with Gasteiger partial charge in [0.05, 0.1) is 19.0 Å². The molecule has 1 fully saturated rings. The van der Waals surface area contributed by atoms with Gasteiger partial charge in [-0.1, -0.05) is 6.07 Å². The van der Waals surface area contributed by atoms with Crippen LogP contribution in [0.1, 0.15) is 17.8 Å². The van der Waals surface area contributed by atoms with Crippen LogP contribution in [0.3, 0.4) is 0 Å². The molecule has 3 rings (SSSR count). The van der Waals surface area contributed by atoms with Crippen molar-refractivity contribution in [1.82, 2.24) is 15.0 Å². The van der Waals surface area contributed by atoms with Crippen molar-refractivity contribution < 1.29 is 4.74 Å². The molecule has 1 saturated heterocycles. The van der Waals surface area contributed by atoms with Crippen molar-refractivity contribution in [2.75, 3.05) is 24.6 Å². The normalized spacial score (nSPS) is 18.4. The molecular weight excluding hydrogens is 280 g/mol. The van der Waals surface area contributed by atoms with E-state index in [-0.39, 0.29) is 11.7 Å². The first kappa shape index (κ1) is 14.7. The molecule has 6 heteroatoms. The van der Waals surface area contributed by atoms with E-state index in [4.69, 9.17) is 4.74 Å². The minimum absolute atomic E-state index is 0.111. The van der Waals surface area contributed by atoms with E-state index in [1.165, 1.54) is 6.33 Å². The van der Waals surface area contributed by atoms with E-state index >= 15 is 0 Å². The van der Waals surface area contributed by atoms with E-state index < -0.39 is 0 Å². The largest absolute Gasteiger partial charge is 0.375 e. The zero-order valence-corrected chi connectivity index (χ0v) is 12.7. The average molecular weight is 300 g/mol. The molecule has 0 radical (unpaired) electrons. The quantitative estimate of drug-likeness (QED) is 0.922. The van der Waals surface area contributed by atoms with Crippen molar-refractivity contribution >= 4 is 5.82 Å². The molecule has 116 valence electrons. The fourth-order valence-electron chi connectivity index (χ4n) is 2.66. The maximum absolute atomic E-state index is 11.3. The first-order valence-corrected chi connectivity index (χ1v) is 7.54. The van der Waals surface area contributed by atoms with Crippen molar-refractivity contribution in [3.05, 3.63) is 52.3 Å². The summed E-state index contributed by atoms with van der Waals surface area (Å²) in [5.74, 6) is 1.00. The molecular formula is C16H20N4O2. The van der Waals surface area contributed by atoms with E-state index in [1.807, 2.05) is 25.1 Å². The summed E-state index contributed by atoms with van der Waals surface area (Å²) in [7, 11) is 0. The molecule has 1 atom stereocenters. The van der Waals surface area contributed by atoms with Crippen LogP contribution in [0, 0.1) is 6.92 Å². The Kier molecular flexibility index (Phi) is 4.48. The van der Waals surface area contributed by atoms with Crippen LogP contribution in [0.4, 0.5) is 5.82 Å². The molecule has 0 amide bonds. The number of nitrogens with one attached hydrogen (secondary N) is 1. The fourth-order valence-corrected chi connectivity index (χ4v) is 2.66. The molecule has 0 saturated carbocycles. The molecule has 0 aliphatic carbocycles. The van der Waals surface area contributed by atoms with Crippen molar-refractivity contribution in [3.63, 3.8) is 0 Å². The third kappa shape index (κ3) is 3.71. The van der Waals surface area contributed by atoms with E-state index in [0.29, 0.717) is 6.61 Å². The van der Waals surface area contributed by atoms with Crippen molar-refractivity contribution in [3.8, 4) is 0 Å². The number of anilines is 1. The Morgan fingerprint density at radius 3 is 3.18 bits per heavy atom. The maximum Gasteiger partial charge on any atom is 0.250 e. The lowest BCUT2D eigenvalue weighted by atomic mass is 10.1. The molecule has 1 aliphatic rings. The number of nitrogens with zero attached hydrogens (tertiary/aromatic N) is 3. The third-order valence-electron chi connectivity index (χ3n) is 3.79. The number of H-pyrrole nitrogens is 1. The van der Waals surface area contributed by atoms with Crippen LogP contribution >= 0.6 is 0 Å². The van der Waals surface area contributed by atoms with Crippen molar-refractivity contribution in [2.24, 2.45) is 0 Å². The molecule has 2 aromatic rings. The molecule has 1 N–H and O–H groups in total. The summed E-state index contributed by atoms with van der Waals surface area (Å²) in [6.07, 6.45) is 3.17. The minimum atomic E-state index is -0.111. The Bertz CT molecular complexity index is 686. The van der Waals surface area contributed by atoms with E-state index in [9.17, 15) is 4.79 Å². The number of rotatable bonds is 4. The lowest BCUT2D eigenvalue weighted by Crippen LogP contribution is -2.43. The predicted octanol–water partition coefficient (Wildman–Crippen LogP) is 1.31. The summed E-state index contributed by atoms with van der Waals surface area (Å²) in [5, 5.41) is 0. The SMILES string of the molecule is Cc1cccc(N2CCO[C@@H](CCc3cc(=O)[nH]cn3)C2)n1. The Morgan fingerprint density at radius 2 is 2.36 bits per heavy atom. The Balaban J connectivity index is 1.60. The Morgan fingerprint density at radius 1 is 1.45 bits per heavy atom. The highest BCUT2D eigenvalue weighted by Crippen LogP contribution is 2.17. The lowest BCUT2D eigenvalue weighted by molar-refractivity contribution is 0.0350. The molecule has 0 unspecified atom stereocenters. The van der Waals surface area contributed by atoms with Crippen LogP contribution in [0.2, 0.25) is 0 Å². The highest BCUT2D eigenvalue weighted by molar-refractivity contribution is 5.39.